The first-order chi connectivity index (χ1) is 8.59. The fourth-order valence-electron chi connectivity index (χ4n) is 2.21. The third-order valence-corrected chi connectivity index (χ3v) is 4.26. The second-order valence-corrected chi connectivity index (χ2v) is 5.81. The van der Waals surface area contributed by atoms with E-state index in [1.807, 2.05) is 18.0 Å². The Morgan fingerprint density at radius 1 is 1.44 bits per heavy atom. The molecule has 1 amide bonds. The summed E-state index contributed by atoms with van der Waals surface area (Å²) in [6, 6.07) is 5.61. The summed E-state index contributed by atoms with van der Waals surface area (Å²) in [6.45, 7) is 1.94. The molecule has 1 aromatic carbocycles. The molecule has 5 heteroatoms. The number of nitrogens with one attached hydrogen (secondary N) is 1. The quantitative estimate of drug-likeness (QED) is 0.904. The highest BCUT2D eigenvalue weighted by molar-refractivity contribution is 9.10. The number of piperidine rings is 1. The predicted molar refractivity (Wildman–Crippen MR) is 77.1 cm³/mol. The molecule has 3 nitrogen and oxygen atoms in total. The lowest BCUT2D eigenvalue weighted by Crippen LogP contribution is -2.44. The van der Waals surface area contributed by atoms with E-state index >= 15 is 0 Å². The van der Waals surface area contributed by atoms with Crippen molar-refractivity contribution in [2.45, 2.75) is 18.9 Å². The second-order valence-electron chi connectivity index (χ2n) is 4.52. The first-order valence-corrected chi connectivity index (χ1v) is 7.19. The van der Waals surface area contributed by atoms with Crippen LogP contribution in [0.4, 0.5) is 0 Å². The van der Waals surface area contributed by atoms with Gasteiger partial charge in [-0.15, -0.1) is 0 Å². The Morgan fingerprint density at radius 3 is 2.78 bits per heavy atom. The number of benzene rings is 1. The molecule has 1 N–H and O–H groups in total. The highest BCUT2D eigenvalue weighted by Crippen LogP contribution is 2.24. The van der Waals surface area contributed by atoms with Gasteiger partial charge in [0.1, 0.15) is 0 Å². The molecule has 2 rings (SSSR count). The lowest BCUT2D eigenvalue weighted by molar-refractivity contribution is 0.0702. The number of amides is 1. The minimum atomic E-state index is 0.0243. The Labute approximate surface area is 121 Å². The van der Waals surface area contributed by atoms with Crippen LogP contribution >= 0.6 is 27.5 Å². The van der Waals surface area contributed by atoms with Crippen LogP contribution in [0.25, 0.3) is 0 Å². The molecule has 1 fully saturated rings. The van der Waals surface area contributed by atoms with E-state index in [0.29, 0.717) is 16.6 Å². The number of carbonyl (C=O) groups excluding carboxylic acids is 1. The van der Waals surface area contributed by atoms with Gasteiger partial charge >= 0.3 is 0 Å². The maximum absolute atomic E-state index is 12.4. The maximum atomic E-state index is 12.4. The molecule has 1 aliphatic heterocycles. The van der Waals surface area contributed by atoms with Crippen LogP contribution in [-0.4, -0.2) is 37.0 Å². The van der Waals surface area contributed by atoms with Crippen LogP contribution in [0.1, 0.15) is 23.2 Å². The average Bonchev–Trinajstić information content (AvgIpc) is 2.41. The Balaban J connectivity index is 2.16. The zero-order valence-electron chi connectivity index (χ0n) is 10.2. The normalized spacial score (nSPS) is 16.6. The van der Waals surface area contributed by atoms with E-state index in [2.05, 4.69) is 21.2 Å². The first-order valence-electron chi connectivity index (χ1n) is 6.02. The number of nitrogens with zero attached hydrogens (tertiary/aromatic N) is 1. The Morgan fingerprint density at radius 2 is 2.11 bits per heavy atom. The van der Waals surface area contributed by atoms with Gasteiger partial charge in [0.15, 0.2) is 0 Å². The van der Waals surface area contributed by atoms with Crippen molar-refractivity contribution in [3.63, 3.8) is 0 Å². The molecule has 0 radical (unpaired) electrons. The Hall–Kier alpha value is -0.580. The lowest BCUT2D eigenvalue weighted by Gasteiger charge is -2.32. The van der Waals surface area contributed by atoms with Gasteiger partial charge in [-0.05, 0) is 60.1 Å². The molecule has 0 saturated carbocycles. The molecule has 1 aliphatic rings. The lowest BCUT2D eigenvalue weighted by atomic mass is 10.0. The first kappa shape index (κ1) is 13.8. The fraction of sp³-hybridized carbons (Fsp3) is 0.462. The van der Waals surface area contributed by atoms with Crippen molar-refractivity contribution in [3.8, 4) is 0 Å². The van der Waals surface area contributed by atoms with E-state index in [0.717, 1.165) is 30.4 Å². The van der Waals surface area contributed by atoms with Crippen LogP contribution in [0.5, 0.6) is 0 Å². The molecule has 18 heavy (non-hydrogen) atoms. The summed E-state index contributed by atoms with van der Waals surface area (Å²) in [7, 11) is 1.87. The van der Waals surface area contributed by atoms with Gasteiger partial charge in [-0.2, -0.15) is 0 Å². The van der Waals surface area contributed by atoms with E-state index in [-0.39, 0.29) is 5.91 Å². The molecule has 0 atom stereocenters. The topological polar surface area (TPSA) is 32.3 Å². The van der Waals surface area contributed by atoms with Crippen LogP contribution in [0.2, 0.25) is 5.02 Å². The SMILES string of the molecule is CN(C(=O)c1cc(Cl)ccc1Br)C1CCNCC1. The van der Waals surface area contributed by atoms with Crippen molar-refractivity contribution < 1.29 is 4.79 Å². The van der Waals surface area contributed by atoms with Gasteiger partial charge in [0, 0.05) is 22.6 Å². The smallest absolute Gasteiger partial charge is 0.255 e. The Bertz CT molecular complexity index is 447. The van der Waals surface area contributed by atoms with Gasteiger partial charge in [0.05, 0.1) is 5.56 Å². The number of halogens is 2. The van der Waals surface area contributed by atoms with Crippen molar-refractivity contribution in [3.05, 3.63) is 33.3 Å². The molecular formula is C13H16BrClN2O. The zero-order valence-corrected chi connectivity index (χ0v) is 12.6. The molecule has 0 unspecified atom stereocenters. The molecule has 0 bridgehead atoms. The van der Waals surface area contributed by atoms with Crippen LogP contribution in [0.15, 0.2) is 22.7 Å². The molecule has 1 heterocycles. The maximum Gasteiger partial charge on any atom is 0.255 e. The van der Waals surface area contributed by atoms with E-state index < -0.39 is 0 Å². The van der Waals surface area contributed by atoms with Crippen molar-refractivity contribution in [1.29, 1.82) is 0 Å². The van der Waals surface area contributed by atoms with E-state index in [4.69, 9.17) is 11.6 Å². The molecule has 1 aromatic rings. The summed E-state index contributed by atoms with van der Waals surface area (Å²) in [6.07, 6.45) is 2.00. The van der Waals surface area contributed by atoms with Gasteiger partial charge in [-0.1, -0.05) is 11.6 Å². The van der Waals surface area contributed by atoms with Crippen molar-refractivity contribution in [2.24, 2.45) is 0 Å². The minimum absolute atomic E-state index is 0.0243. The van der Waals surface area contributed by atoms with Crippen molar-refractivity contribution in [2.75, 3.05) is 20.1 Å². The number of carbonyl (C=O) groups is 1. The molecule has 0 aromatic heterocycles. The van der Waals surface area contributed by atoms with E-state index in [9.17, 15) is 4.79 Å². The summed E-state index contributed by atoms with van der Waals surface area (Å²) in [4.78, 5) is 14.3. The molecule has 0 aliphatic carbocycles. The Kier molecular flexibility index (Phi) is 4.65. The van der Waals surface area contributed by atoms with E-state index in [1.165, 1.54) is 0 Å². The van der Waals surface area contributed by atoms with Gasteiger partial charge in [0.25, 0.3) is 5.91 Å². The summed E-state index contributed by atoms with van der Waals surface area (Å²) < 4.78 is 0.790. The van der Waals surface area contributed by atoms with Gasteiger partial charge in [-0.3, -0.25) is 4.79 Å². The van der Waals surface area contributed by atoms with Crippen LogP contribution in [-0.2, 0) is 0 Å². The molecule has 0 spiro atoms. The van der Waals surface area contributed by atoms with Crippen molar-refractivity contribution >= 4 is 33.4 Å². The number of hydrogen-bond donors (Lipinski definition) is 1. The molecule has 98 valence electrons. The monoisotopic (exact) mass is 330 g/mol. The standard InChI is InChI=1S/C13H16BrClN2O/c1-17(10-4-6-16-7-5-10)13(18)11-8-9(15)2-3-12(11)14/h2-3,8,10,16H,4-7H2,1H3. The van der Waals surface area contributed by atoms with Crippen LogP contribution in [0, 0.1) is 0 Å². The largest absolute Gasteiger partial charge is 0.339 e. The van der Waals surface area contributed by atoms with Crippen molar-refractivity contribution in [1.82, 2.24) is 10.2 Å². The van der Waals surface area contributed by atoms with E-state index in [1.54, 1.807) is 12.1 Å². The fourth-order valence-corrected chi connectivity index (χ4v) is 2.80. The number of hydrogen-bond acceptors (Lipinski definition) is 2. The summed E-state index contributed by atoms with van der Waals surface area (Å²) in [5, 5.41) is 3.88. The van der Waals surface area contributed by atoms with Gasteiger partial charge in [-0.25, -0.2) is 0 Å². The number of rotatable bonds is 2. The summed E-state index contributed by atoms with van der Waals surface area (Å²) in [5.41, 5.74) is 0.628. The zero-order chi connectivity index (χ0) is 13.1. The van der Waals surface area contributed by atoms with Gasteiger partial charge in [0.2, 0.25) is 0 Å². The molecule has 1 saturated heterocycles. The molecular weight excluding hydrogens is 316 g/mol. The highest BCUT2D eigenvalue weighted by atomic mass is 79.9. The minimum Gasteiger partial charge on any atom is -0.339 e. The average molecular weight is 332 g/mol. The van der Waals surface area contributed by atoms with Crippen LogP contribution in [0.3, 0.4) is 0 Å². The third kappa shape index (κ3) is 3.05. The second kappa shape index (κ2) is 6.04. The van der Waals surface area contributed by atoms with Gasteiger partial charge < -0.3 is 10.2 Å². The summed E-state index contributed by atoms with van der Waals surface area (Å²) in [5.74, 6) is 0.0243. The summed E-state index contributed by atoms with van der Waals surface area (Å²) >= 11 is 9.35. The van der Waals surface area contributed by atoms with Crippen LogP contribution < -0.4 is 5.32 Å². The predicted octanol–water partition coefficient (Wildman–Crippen LogP) is 2.93. The third-order valence-electron chi connectivity index (χ3n) is 3.34. The highest BCUT2D eigenvalue weighted by Gasteiger charge is 2.24.